The maximum absolute atomic E-state index is 13.2. The minimum absolute atomic E-state index is 0.185. The summed E-state index contributed by atoms with van der Waals surface area (Å²) in [4.78, 5) is 23.7. The zero-order valence-electron chi connectivity index (χ0n) is 16.9. The Labute approximate surface area is 194 Å². The predicted molar refractivity (Wildman–Crippen MR) is 126 cm³/mol. The Morgan fingerprint density at radius 3 is 2.68 bits per heavy atom. The third-order valence-electron chi connectivity index (χ3n) is 4.83. The zero-order valence-corrected chi connectivity index (χ0v) is 19.3. The summed E-state index contributed by atoms with van der Waals surface area (Å²) in [5.74, 6) is 0.165. The highest BCUT2D eigenvalue weighted by Crippen LogP contribution is 2.32. The number of amides is 1. The number of fused-ring (bicyclic) bond motifs is 1. The molecule has 2 heterocycles. The van der Waals surface area contributed by atoms with Crippen LogP contribution in [0.5, 0.6) is 5.75 Å². The van der Waals surface area contributed by atoms with Gasteiger partial charge < -0.3 is 4.74 Å². The number of thiazole rings is 1. The van der Waals surface area contributed by atoms with Crippen LogP contribution in [0.3, 0.4) is 0 Å². The number of anilines is 1. The Bertz CT molecular complexity index is 1210. The predicted octanol–water partition coefficient (Wildman–Crippen LogP) is 6.23. The average molecular weight is 472 g/mol. The van der Waals surface area contributed by atoms with Crippen molar-refractivity contribution < 1.29 is 9.53 Å². The first-order chi connectivity index (χ1) is 14.9. The van der Waals surface area contributed by atoms with Crippen molar-refractivity contribution in [1.29, 1.82) is 0 Å². The fourth-order valence-corrected chi connectivity index (χ4v) is 4.55. The first kappa shape index (κ1) is 21.6. The summed E-state index contributed by atoms with van der Waals surface area (Å²) < 4.78 is 6.72. The van der Waals surface area contributed by atoms with Crippen molar-refractivity contribution >= 4 is 55.8 Å². The van der Waals surface area contributed by atoms with Crippen LogP contribution in [0.4, 0.5) is 5.13 Å². The van der Waals surface area contributed by atoms with Crippen LogP contribution in [0.1, 0.15) is 16.7 Å². The number of aromatic nitrogens is 2. The second-order valence-electron chi connectivity index (χ2n) is 7.11. The fraction of sp³-hybridized carbons (Fsp3) is 0.174. The van der Waals surface area contributed by atoms with E-state index in [-0.39, 0.29) is 12.5 Å². The van der Waals surface area contributed by atoms with Crippen molar-refractivity contribution in [2.75, 3.05) is 11.5 Å². The molecule has 0 unspecified atom stereocenters. The molecule has 31 heavy (non-hydrogen) atoms. The topological polar surface area (TPSA) is 55.3 Å². The van der Waals surface area contributed by atoms with E-state index in [0.717, 1.165) is 21.3 Å². The lowest BCUT2D eigenvalue weighted by Gasteiger charge is -2.20. The van der Waals surface area contributed by atoms with E-state index in [1.54, 1.807) is 35.5 Å². The second kappa shape index (κ2) is 9.22. The summed E-state index contributed by atoms with van der Waals surface area (Å²) in [5, 5.41) is 1.46. The number of aryl methyl sites for hydroxylation is 2. The molecule has 158 valence electrons. The lowest BCUT2D eigenvalue weighted by Crippen LogP contribution is -2.34. The van der Waals surface area contributed by atoms with E-state index in [2.05, 4.69) is 24.9 Å². The van der Waals surface area contributed by atoms with Crippen molar-refractivity contribution in [2.45, 2.75) is 20.4 Å². The van der Waals surface area contributed by atoms with E-state index in [1.165, 1.54) is 16.9 Å². The Kier molecular flexibility index (Phi) is 6.41. The molecule has 4 aromatic rings. The lowest BCUT2D eigenvalue weighted by molar-refractivity contribution is -0.120. The number of halogens is 2. The van der Waals surface area contributed by atoms with Crippen LogP contribution in [0.15, 0.2) is 54.9 Å². The summed E-state index contributed by atoms with van der Waals surface area (Å²) in [6.45, 7) is 4.27. The van der Waals surface area contributed by atoms with Gasteiger partial charge in [0.2, 0.25) is 0 Å². The molecule has 8 heteroatoms. The Morgan fingerprint density at radius 1 is 1.13 bits per heavy atom. The number of hydrogen-bond donors (Lipinski definition) is 0. The first-order valence-corrected chi connectivity index (χ1v) is 11.1. The van der Waals surface area contributed by atoms with E-state index in [9.17, 15) is 4.79 Å². The van der Waals surface area contributed by atoms with Gasteiger partial charge in [0.15, 0.2) is 11.7 Å². The molecule has 5 nitrogen and oxygen atoms in total. The van der Waals surface area contributed by atoms with Crippen molar-refractivity contribution in [1.82, 2.24) is 9.97 Å². The molecule has 0 fully saturated rings. The number of hydrogen-bond acceptors (Lipinski definition) is 5. The second-order valence-corrected chi connectivity index (χ2v) is 8.96. The summed E-state index contributed by atoms with van der Waals surface area (Å²) in [7, 11) is 0. The van der Waals surface area contributed by atoms with Gasteiger partial charge in [-0.15, -0.1) is 0 Å². The minimum atomic E-state index is -0.234. The average Bonchev–Trinajstić information content (AvgIpc) is 3.14. The van der Waals surface area contributed by atoms with E-state index < -0.39 is 0 Å². The van der Waals surface area contributed by atoms with E-state index in [0.29, 0.717) is 27.5 Å². The van der Waals surface area contributed by atoms with Gasteiger partial charge in [-0.25, -0.2) is 4.98 Å². The van der Waals surface area contributed by atoms with E-state index in [1.807, 2.05) is 18.2 Å². The lowest BCUT2D eigenvalue weighted by atomic mass is 10.1. The molecule has 2 aromatic heterocycles. The summed E-state index contributed by atoms with van der Waals surface area (Å²) in [6, 6.07) is 12.8. The number of carbonyl (C=O) groups excluding carboxylic acids is 1. The Morgan fingerprint density at radius 2 is 1.94 bits per heavy atom. The number of nitrogens with zero attached hydrogens (tertiary/aromatic N) is 3. The maximum atomic E-state index is 13.2. The molecular formula is C23H19Cl2N3O2S. The smallest absolute Gasteiger partial charge is 0.267 e. The molecule has 0 saturated heterocycles. The molecule has 0 radical (unpaired) electrons. The van der Waals surface area contributed by atoms with Gasteiger partial charge in [-0.2, -0.15) is 0 Å². The Hall–Kier alpha value is -2.67. The third kappa shape index (κ3) is 4.98. The number of rotatable bonds is 6. The van der Waals surface area contributed by atoms with Crippen LogP contribution < -0.4 is 9.64 Å². The summed E-state index contributed by atoms with van der Waals surface area (Å²) >= 11 is 13.6. The largest absolute Gasteiger partial charge is 0.482 e. The van der Waals surface area contributed by atoms with Gasteiger partial charge in [0.05, 0.1) is 21.8 Å². The molecular weight excluding hydrogens is 453 g/mol. The molecule has 0 aliphatic carbocycles. The molecule has 4 rings (SSSR count). The van der Waals surface area contributed by atoms with Crippen molar-refractivity contribution in [3.63, 3.8) is 0 Å². The quantitative estimate of drug-likeness (QED) is 0.334. The monoisotopic (exact) mass is 471 g/mol. The number of benzene rings is 2. The van der Waals surface area contributed by atoms with Gasteiger partial charge in [-0.3, -0.25) is 14.7 Å². The number of pyridine rings is 1. The Balaban J connectivity index is 1.63. The highest BCUT2D eigenvalue weighted by atomic mass is 35.5. The van der Waals surface area contributed by atoms with Crippen molar-refractivity contribution in [3.05, 3.63) is 81.6 Å². The molecule has 2 aromatic carbocycles. The molecule has 0 aliphatic rings. The van der Waals surface area contributed by atoms with Crippen molar-refractivity contribution in [3.8, 4) is 5.75 Å². The van der Waals surface area contributed by atoms with Crippen LogP contribution in [0, 0.1) is 13.8 Å². The van der Waals surface area contributed by atoms with Gasteiger partial charge in [-0.05, 0) is 66.9 Å². The van der Waals surface area contributed by atoms with Crippen LogP contribution in [-0.4, -0.2) is 22.5 Å². The summed E-state index contributed by atoms with van der Waals surface area (Å²) in [6.07, 6.45) is 3.43. The van der Waals surface area contributed by atoms with Crippen molar-refractivity contribution in [2.24, 2.45) is 0 Å². The standard InChI is InChI=1S/C23H19Cl2N3O2S/c1-14-8-19-21(9-15(14)2)31-23(27-19)28(12-16-4-3-7-26-11-16)22(29)13-30-20-6-5-17(24)10-18(20)25/h3-11H,12-13H2,1-2H3. The number of ether oxygens (including phenoxy) is 1. The third-order valence-corrected chi connectivity index (χ3v) is 6.40. The first-order valence-electron chi connectivity index (χ1n) is 9.55. The van der Waals surface area contributed by atoms with Crippen LogP contribution in [0.2, 0.25) is 10.0 Å². The van der Waals surface area contributed by atoms with Gasteiger partial charge in [-0.1, -0.05) is 40.6 Å². The molecule has 0 bridgehead atoms. The van der Waals surface area contributed by atoms with Gasteiger partial charge in [0.25, 0.3) is 5.91 Å². The van der Waals surface area contributed by atoms with Gasteiger partial charge in [0.1, 0.15) is 5.75 Å². The highest BCUT2D eigenvalue weighted by molar-refractivity contribution is 7.22. The van der Waals surface area contributed by atoms with Crippen LogP contribution in [0.25, 0.3) is 10.2 Å². The normalized spacial score (nSPS) is 11.0. The molecule has 0 saturated carbocycles. The SMILES string of the molecule is Cc1cc2nc(N(Cc3cccnc3)C(=O)COc3ccc(Cl)cc3Cl)sc2cc1C. The molecule has 0 spiro atoms. The summed E-state index contributed by atoms with van der Waals surface area (Å²) in [5.41, 5.74) is 4.12. The van der Waals surface area contributed by atoms with E-state index >= 15 is 0 Å². The zero-order chi connectivity index (χ0) is 22.0. The van der Waals surface area contributed by atoms with Crippen LogP contribution >= 0.6 is 34.5 Å². The molecule has 0 N–H and O–H groups in total. The number of carbonyl (C=O) groups is 1. The minimum Gasteiger partial charge on any atom is -0.482 e. The van der Waals surface area contributed by atoms with Gasteiger partial charge >= 0.3 is 0 Å². The molecule has 0 atom stereocenters. The molecule has 0 aliphatic heterocycles. The van der Waals surface area contributed by atoms with Crippen LogP contribution in [-0.2, 0) is 11.3 Å². The maximum Gasteiger partial charge on any atom is 0.267 e. The highest BCUT2D eigenvalue weighted by Gasteiger charge is 2.22. The fourth-order valence-electron chi connectivity index (χ4n) is 3.03. The van der Waals surface area contributed by atoms with E-state index in [4.69, 9.17) is 32.9 Å². The van der Waals surface area contributed by atoms with Gasteiger partial charge in [0, 0.05) is 17.4 Å². The molecule has 1 amide bonds.